The smallest absolute Gasteiger partial charge is 0.256 e. The molecule has 0 saturated carbocycles. The van der Waals surface area contributed by atoms with Crippen LogP contribution in [0.3, 0.4) is 0 Å². The van der Waals surface area contributed by atoms with Gasteiger partial charge in [0.25, 0.3) is 5.91 Å². The maximum atomic E-state index is 12.0. The molecule has 0 spiro atoms. The minimum atomic E-state index is -0.189. The van der Waals surface area contributed by atoms with Crippen LogP contribution in [0, 0.1) is 0 Å². The van der Waals surface area contributed by atoms with Gasteiger partial charge in [0.2, 0.25) is 0 Å². The summed E-state index contributed by atoms with van der Waals surface area (Å²) in [4.78, 5) is 16.0. The number of amides is 1. The van der Waals surface area contributed by atoms with Crippen LogP contribution in [0.5, 0.6) is 0 Å². The molecule has 0 aliphatic rings. The molecule has 0 radical (unpaired) electrons. The molecule has 3 nitrogen and oxygen atoms in total. The molecule has 2 rings (SSSR count). The van der Waals surface area contributed by atoms with Gasteiger partial charge in [-0.2, -0.15) is 11.8 Å². The average molecular weight is 293 g/mol. The number of carbonyl (C=O) groups is 1. The van der Waals surface area contributed by atoms with Crippen molar-refractivity contribution in [2.75, 3.05) is 11.6 Å². The van der Waals surface area contributed by atoms with Crippen molar-refractivity contribution in [1.82, 2.24) is 4.98 Å². The molecule has 0 atom stereocenters. The van der Waals surface area contributed by atoms with Gasteiger partial charge in [-0.15, -0.1) is 0 Å². The van der Waals surface area contributed by atoms with Crippen LogP contribution < -0.4 is 5.32 Å². The number of pyridine rings is 1. The van der Waals surface area contributed by atoms with E-state index in [1.165, 1.54) is 5.56 Å². The Morgan fingerprint density at radius 3 is 2.68 bits per heavy atom. The highest BCUT2D eigenvalue weighted by molar-refractivity contribution is 7.97. The van der Waals surface area contributed by atoms with Gasteiger partial charge in [-0.25, -0.2) is 4.98 Å². The van der Waals surface area contributed by atoms with Crippen LogP contribution in [0.2, 0.25) is 5.02 Å². The van der Waals surface area contributed by atoms with E-state index in [0.29, 0.717) is 16.4 Å². The predicted molar refractivity (Wildman–Crippen MR) is 80.9 cm³/mol. The second-order valence-electron chi connectivity index (χ2n) is 3.94. The summed E-state index contributed by atoms with van der Waals surface area (Å²) >= 11 is 7.58. The maximum absolute atomic E-state index is 12.0. The topological polar surface area (TPSA) is 42.0 Å². The van der Waals surface area contributed by atoms with Gasteiger partial charge in [0.05, 0.1) is 0 Å². The number of hydrogen-bond donors (Lipinski definition) is 1. The Kier molecular flexibility index (Phi) is 4.82. The summed E-state index contributed by atoms with van der Waals surface area (Å²) in [6, 6.07) is 10.8. The Morgan fingerprint density at radius 2 is 2.05 bits per heavy atom. The molecule has 1 amide bonds. The van der Waals surface area contributed by atoms with Gasteiger partial charge in [-0.1, -0.05) is 23.7 Å². The summed E-state index contributed by atoms with van der Waals surface area (Å²) in [7, 11) is 0. The molecule has 0 fully saturated rings. The average Bonchev–Trinajstić information content (AvgIpc) is 2.40. The number of nitrogens with one attached hydrogen (secondary N) is 1. The number of benzene rings is 1. The first-order valence-electron chi connectivity index (χ1n) is 5.70. The zero-order chi connectivity index (χ0) is 13.7. The molecule has 98 valence electrons. The van der Waals surface area contributed by atoms with Gasteiger partial charge in [-0.05, 0) is 36.1 Å². The van der Waals surface area contributed by atoms with Gasteiger partial charge in [0, 0.05) is 22.5 Å². The lowest BCUT2D eigenvalue weighted by atomic mass is 10.1. The highest BCUT2D eigenvalue weighted by Crippen LogP contribution is 2.14. The van der Waals surface area contributed by atoms with Crippen molar-refractivity contribution in [2.45, 2.75) is 5.75 Å². The molecular weight excluding hydrogens is 280 g/mol. The summed E-state index contributed by atoms with van der Waals surface area (Å²) in [5, 5.41) is 3.25. The van der Waals surface area contributed by atoms with Crippen LogP contribution in [-0.4, -0.2) is 17.1 Å². The number of halogens is 1. The first-order chi connectivity index (χ1) is 9.19. The second-order valence-corrected chi connectivity index (χ2v) is 5.25. The van der Waals surface area contributed by atoms with E-state index in [1.54, 1.807) is 30.1 Å². The number of hydrogen-bond acceptors (Lipinski definition) is 3. The molecular formula is C14H13ClN2OS. The summed E-state index contributed by atoms with van der Waals surface area (Å²) in [6.07, 6.45) is 3.60. The summed E-state index contributed by atoms with van der Waals surface area (Å²) in [5.74, 6) is 1.20. The molecule has 5 heteroatoms. The van der Waals surface area contributed by atoms with Gasteiger partial charge < -0.3 is 5.32 Å². The van der Waals surface area contributed by atoms with Gasteiger partial charge in [-0.3, -0.25) is 4.79 Å². The van der Waals surface area contributed by atoms with E-state index >= 15 is 0 Å². The monoisotopic (exact) mass is 292 g/mol. The minimum Gasteiger partial charge on any atom is -0.307 e. The Labute approximate surface area is 121 Å². The lowest BCUT2D eigenvalue weighted by Crippen LogP contribution is -2.12. The van der Waals surface area contributed by atoms with Crippen LogP contribution in [0.15, 0.2) is 42.6 Å². The number of rotatable bonds is 4. The Bertz CT molecular complexity index is 572. The standard InChI is InChI=1S/C14H13ClN2OS/c1-19-9-10-2-4-11(5-3-10)14(18)17-13-8-12(15)6-7-16-13/h2-8H,9H2,1H3,(H,16,17,18). The molecule has 0 bridgehead atoms. The Balaban J connectivity index is 2.07. The number of anilines is 1. The lowest BCUT2D eigenvalue weighted by Gasteiger charge is -2.05. The molecule has 19 heavy (non-hydrogen) atoms. The van der Waals surface area contributed by atoms with Crippen molar-refractivity contribution >= 4 is 35.1 Å². The number of aromatic nitrogens is 1. The van der Waals surface area contributed by atoms with Gasteiger partial charge >= 0.3 is 0 Å². The maximum Gasteiger partial charge on any atom is 0.256 e. The number of carbonyl (C=O) groups excluding carboxylic acids is 1. The third-order valence-corrected chi connectivity index (χ3v) is 3.35. The molecule has 1 heterocycles. The molecule has 1 aromatic carbocycles. The first-order valence-corrected chi connectivity index (χ1v) is 7.47. The van der Waals surface area contributed by atoms with Crippen LogP contribution in [-0.2, 0) is 5.75 Å². The molecule has 1 N–H and O–H groups in total. The molecule has 0 saturated heterocycles. The SMILES string of the molecule is CSCc1ccc(C(=O)Nc2cc(Cl)ccn2)cc1. The van der Waals surface area contributed by atoms with E-state index in [9.17, 15) is 4.79 Å². The third kappa shape index (κ3) is 3.98. The van der Waals surface area contributed by atoms with Crippen molar-refractivity contribution in [2.24, 2.45) is 0 Å². The summed E-state index contributed by atoms with van der Waals surface area (Å²) < 4.78 is 0. The van der Waals surface area contributed by atoms with Crippen LogP contribution >= 0.6 is 23.4 Å². The van der Waals surface area contributed by atoms with Crippen molar-refractivity contribution in [3.8, 4) is 0 Å². The molecule has 0 unspecified atom stereocenters. The summed E-state index contributed by atoms with van der Waals surface area (Å²) in [6.45, 7) is 0. The van der Waals surface area contributed by atoms with E-state index in [1.807, 2.05) is 30.5 Å². The molecule has 0 aliphatic carbocycles. The van der Waals surface area contributed by atoms with E-state index in [-0.39, 0.29) is 5.91 Å². The molecule has 0 aliphatic heterocycles. The van der Waals surface area contributed by atoms with Crippen molar-refractivity contribution in [3.05, 3.63) is 58.7 Å². The van der Waals surface area contributed by atoms with Crippen LogP contribution in [0.25, 0.3) is 0 Å². The van der Waals surface area contributed by atoms with Crippen LogP contribution in [0.4, 0.5) is 5.82 Å². The zero-order valence-electron chi connectivity index (χ0n) is 10.4. The molecule has 1 aromatic heterocycles. The fourth-order valence-corrected chi connectivity index (χ4v) is 2.27. The third-order valence-electron chi connectivity index (χ3n) is 2.49. The fraction of sp³-hybridized carbons (Fsp3) is 0.143. The van der Waals surface area contributed by atoms with E-state index in [4.69, 9.17) is 11.6 Å². The highest BCUT2D eigenvalue weighted by Gasteiger charge is 2.06. The number of thioether (sulfide) groups is 1. The summed E-state index contributed by atoms with van der Waals surface area (Å²) in [5.41, 5.74) is 1.80. The van der Waals surface area contributed by atoms with Crippen molar-refractivity contribution in [3.63, 3.8) is 0 Å². The first kappa shape index (κ1) is 13.9. The Hall–Kier alpha value is -1.52. The lowest BCUT2D eigenvalue weighted by molar-refractivity contribution is 0.102. The minimum absolute atomic E-state index is 0.189. The van der Waals surface area contributed by atoms with Gasteiger partial charge in [0.15, 0.2) is 0 Å². The van der Waals surface area contributed by atoms with E-state index in [0.717, 1.165) is 5.75 Å². The number of nitrogens with zero attached hydrogens (tertiary/aromatic N) is 1. The normalized spacial score (nSPS) is 10.2. The zero-order valence-corrected chi connectivity index (χ0v) is 12.0. The van der Waals surface area contributed by atoms with Gasteiger partial charge in [0.1, 0.15) is 5.82 Å². The fourth-order valence-electron chi connectivity index (χ4n) is 1.58. The van der Waals surface area contributed by atoms with E-state index < -0.39 is 0 Å². The Morgan fingerprint density at radius 1 is 1.32 bits per heavy atom. The van der Waals surface area contributed by atoms with Crippen LogP contribution in [0.1, 0.15) is 15.9 Å². The van der Waals surface area contributed by atoms with Crippen molar-refractivity contribution < 1.29 is 4.79 Å². The van der Waals surface area contributed by atoms with E-state index in [2.05, 4.69) is 10.3 Å². The predicted octanol–water partition coefficient (Wildman–Crippen LogP) is 3.85. The quantitative estimate of drug-likeness (QED) is 0.930. The second kappa shape index (κ2) is 6.59. The highest BCUT2D eigenvalue weighted by atomic mass is 35.5. The molecule has 2 aromatic rings. The largest absolute Gasteiger partial charge is 0.307 e. The van der Waals surface area contributed by atoms with Crippen molar-refractivity contribution in [1.29, 1.82) is 0 Å².